The second-order valence-electron chi connectivity index (χ2n) is 8.62. The number of rotatable bonds is 11. The van der Waals surface area contributed by atoms with Crippen molar-refractivity contribution in [2.24, 2.45) is 0 Å². The second kappa shape index (κ2) is 11.7. The topological polar surface area (TPSA) is 142 Å². The molecule has 0 spiro atoms. The number of nitrogens with zero attached hydrogens (tertiary/aromatic N) is 3. The largest absolute Gasteiger partial charge is 0.493 e. The monoisotopic (exact) mass is 563 g/mol. The maximum atomic E-state index is 11.4. The van der Waals surface area contributed by atoms with E-state index in [9.17, 15) is 14.4 Å². The maximum absolute atomic E-state index is 11.4. The molecule has 3 heterocycles. The highest BCUT2D eigenvalue weighted by Gasteiger charge is 2.16. The van der Waals surface area contributed by atoms with Crippen molar-refractivity contribution >= 4 is 13.7 Å². The Balaban J connectivity index is 1.28. The van der Waals surface area contributed by atoms with Crippen LogP contribution < -0.4 is 14.2 Å². The van der Waals surface area contributed by atoms with Crippen LogP contribution in [-0.2, 0) is 17.8 Å². The predicted molar refractivity (Wildman–Crippen MR) is 145 cm³/mol. The molecule has 0 radical (unpaired) electrons. The number of oxazole rings is 1. The summed E-state index contributed by atoms with van der Waals surface area (Å²) in [7, 11) is -2.80. The van der Waals surface area contributed by atoms with Crippen LogP contribution >= 0.6 is 7.60 Å². The molecule has 5 aromatic rings. The lowest BCUT2D eigenvalue weighted by Gasteiger charge is -2.12. The number of aromatic nitrogens is 3. The Bertz CT molecular complexity index is 1650. The van der Waals surface area contributed by atoms with Gasteiger partial charge in [-0.3, -0.25) is 4.57 Å². The summed E-state index contributed by atoms with van der Waals surface area (Å²) in [6, 6.07) is 19.7. The van der Waals surface area contributed by atoms with Crippen molar-refractivity contribution in [1.29, 1.82) is 0 Å². The Morgan fingerprint density at radius 3 is 2.55 bits per heavy atom. The van der Waals surface area contributed by atoms with E-state index in [-0.39, 0.29) is 19.1 Å². The van der Waals surface area contributed by atoms with Gasteiger partial charge in [0.1, 0.15) is 24.7 Å². The maximum Gasteiger partial charge on any atom is 0.349 e. The number of methoxy groups -OCH3 is 1. The number of ether oxygens (including phenoxy) is 3. The molecule has 12 heteroatoms. The molecule has 0 aliphatic carbocycles. The third kappa shape index (κ3) is 6.52. The number of aryl methyl sites for hydroxylation is 1. The lowest BCUT2D eigenvalue weighted by molar-refractivity contribution is 0.275. The zero-order valence-corrected chi connectivity index (χ0v) is 22.5. The molecule has 0 bridgehead atoms. The predicted octanol–water partition coefficient (Wildman–Crippen LogP) is 5.74. The van der Waals surface area contributed by atoms with E-state index in [0.717, 1.165) is 11.4 Å². The van der Waals surface area contributed by atoms with Gasteiger partial charge in [-0.05, 0) is 55.0 Å². The Morgan fingerprint density at radius 1 is 1.00 bits per heavy atom. The lowest BCUT2D eigenvalue weighted by atomic mass is 10.2. The van der Waals surface area contributed by atoms with Crippen molar-refractivity contribution in [2.45, 2.75) is 20.1 Å². The molecule has 5 rings (SSSR count). The van der Waals surface area contributed by atoms with Gasteiger partial charge in [0.25, 0.3) is 5.89 Å². The molecule has 2 N–H and O–H groups in total. The standard InChI is InChI=1S/C28H26N3O8P/c1-19-23(29-28(39-19)25-9-6-13-36-25)18-37-24-11-10-20(15-26(24)35-2)17-38-27-16-22(12-14-40(32,33)34)31(30-27)21-7-4-3-5-8-21/h3-16H,17-18H2,1-2H3,(H2,32,33,34). The van der Waals surface area contributed by atoms with Gasteiger partial charge in [-0.25, -0.2) is 9.67 Å². The van der Waals surface area contributed by atoms with Crippen molar-refractivity contribution in [3.8, 4) is 34.7 Å². The Hall–Kier alpha value is -4.57. The molecule has 0 aliphatic heterocycles. The first-order chi connectivity index (χ1) is 19.3. The number of para-hydroxylation sites is 1. The summed E-state index contributed by atoms with van der Waals surface area (Å²) in [5.74, 6) is 3.68. The van der Waals surface area contributed by atoms with Crippen LogP contribution in [0.1, 0.15) is 22.7 Å². The Kier molecular flexibility index (Phi) is 7.88. The average molecular weight is 564 g/mol. The van der Waals surface area contributed by atoms with Crippen LogP contribution in [0.15, 0.2) is 87.6 Å². The summed E-state index contributed by atoms with van der Waals surface area (Å²) >= 11 is 0. The molecule has 40 heavy (non-hydrogen) atoms. The highest BCUT2D eigenvalue weighted by Crippen LogP contribution is 2.37. The summed E-state index contributed by atoms with van der Waals surface area (Å²) < 4.78 is 41.3. The summed E-state index contributed by atoms with van der Waals surface area (Å²) in [4.78, 5) is 23.0. The zero-order chi connectivity index (χ0) is 28.1. The van der Waals surface area contributed by atoms with Crippen LogP contribution in [0.5, 0.6) is 17.4 Å². The summed E-state index contributed by atoms with van der Waals surface area (Å²) in [5.41, 5.74) is 2.59. The average Bonchev–Trinajstić information content (AvgIpc) is 3.70. The van der Waals surface area contributed by atoms with Gasteiger partial charge >= 0.3 is 7.60 Å². The van der Waals surface area contributed by atoms with E-state index in [1.165, 1.54) is 6.08 Å². The van der Waals surface area contributed by atoms with Crippen LogP contribution in [-0.4, -0.2) is 31.7 Å². The summed E-state index contributed by atoms with van der Waals surface area (Å²) in [6.07, 6.45) is 2.87. The van der Waals surface area contributed by atoms with Crippen molar-refractivity contribution in [3.63, 3.8) is 0 Å². The third-order valence-electron chi connectivity index (χ3n) is 5.76. The number of benzene rings is 2. The van der Waals surface area contributed by atoms with Gasteiger partial charge in [-0.15, -0.1) is 5.10 Å². The summed E-state index contributed by atoms with van der Waals surface area (Å²) in [5, 5.41) is 4.46. The SMILES string of the molecule is COc1cc(COc2cc(C=CP(=O)(O)O)n(-c3ccccc3)n2)ccc1OCc1nc(-c2ccco2)oc1C. The minimum Gasteiger partial charge on any atom is -0.493 e. The fourth-order valence-electron chi connectivity index (χ4n) is 3.80. The van der Waals surface area contributed by atoms with Crippen molar-refractivity contribution in [3.05, 3.63) is 102 Å². The normalized spacial score (nSPS) is 11.7. The second-order valence-corrected chi connectivity index (χ2v) is 10.1. The molecule has 0 amide bonds. The van der Waals surface area contributed by atoms with E-state index in [0.29, 0.717) is 46.0 Å². The number of hydrogen-bond acceptors (Lipinski definition) is 8. The van der Waals surface area contributed by atoms with Crippen molar-refractivity contribution in [1.82, 2.24) is 14.8 Å². The molecule has 0 atom stereocenters. The van der Waals surface area contributed by atoms with Gasteiger partial charge in [0.15, 0.2) is 17.3 Å². The Morgan fingerprint density at radius 2 is 1.82 bits per heavy atom. The van der Waals surface area contributed by atoms with Gasteiger partial charge in [0, 0.05) is 11.9 Å². The Labute approximate surface area is 229 Å². The van der Waals surface area contributed by atoms with Gasteiger partial charge in [-0.1, -0.05) is 24.3 Å². The molecule has 11 nitrogen and oxygen atoms in total. The van der Waals surface area contributed by atoms with Crippen LogP contribution in [0, 0.1) is 6.92 Å². The quantitative estimate of drug-likeness (QED) is 0.191. The first kappa shape index (κ1) is 27.0. The number of hydrogen-bond donors (Lipinski definition) is 2. The molecular formula is C28H26N3O8P. The summed E-state index contributed by atoms with van der Waals surface area (Å²) in [6.45, 7) is 2.14. The van der Waals surface area contributed by atoms with Gasteiger partial charge in [0.2, 0.25) is 5.88 Å². The molecular weight excluding hydrogens is 537 g/mol. The molecule has 0 fully saturated rings. The molecule has 3 aromatic heterocycles. The van der Waals surface area contributed by atoms with E-state index in [1.54, 1.807) is 48.4 Å². The molecule has 0 saturated carbocycles. The van der Waals surface area contributed by atoms with Gasteiger partial charge < -0.3 is 32.8 Å². The highest BCUT2D eigenvalue weighted by atomic mass is 31.2. The third-order valence-corrected chi connectivity index (χ3v) is 6.30. The zero-order valence-electron chi connectivity index (χ0n) is 21.6. The van der Waals surface area contributed by atoms with E-state index < -0.39 is 7.60 Å². The van der Waals surface area contributed by atoms with Gasteiger partial charge in [0.05, 0.1) is 24.8 Å². The molecule has 0 saturated heterocycles. The van der Waals surface area contributed by atoms with Crippen LogP contribution in [0.4, 0.5) is 0 Å². The minimum atomic E-state index is -4.35. The van der Waals surface area contributed by atoms with E-state index in [2.05, 4.69) is 10.1 Å². The fraction of sp³-hybridized carbons (Fsp3) is 0.143. The first-order valence-electron chi connectivity index (χ1n) is 12.1. The minimum absolute atomic E-state index is 0.166. The van der Waals surface area contributed by atoms with Crippen LogP contribution in [0.25, 0.3) is 23.4 Å². The number of furan rings is 1. The van der Waals surface area contributed by atoms with E-state index >= 15 is 0 Å². The van der Waals surface area contributed by atoms with Crippen molar-refractivity contribution in [2.75, 3.05) is 7.11 Å². The fourth-order valence-corrected chi connectivity index (χ4v) is 4.15. The molecule has 206 valence electrons. The van der Waals surface area contributed by atoms with Gasteiger partial charge in [-0.2, -0.15) is 0 Å². The van der Waals surface area contributed by atoms with Crippen LogP contribution in [0.2, 0.25) is 0 Å². The lowest BCUT2D eigenvalue weighted by Crippen LogP contribution is -2.02. The molecule has 2 aromatic carbocycles. The smallest absolute Gasteiger partial charge is 0.349 e. The van der Waals surface area contributed by atoms with Crippen molar-refractivity contribution < 1.29 is 37.4 Å². The van der Waals surface area contributed by atoms with E-state index in [4.69, 9.17) is 23.0 Å². The van der Waals surface area contributed by atoms with E-state index in [1.807, 2.05) is 43.3 Å². The molecule has 0 unspecified atom stereocenters. The van der Waals surface area contributed by atoms with Crippen LogP contribution in [0.3, 0.4) is 0 Å². The molecule has 0 aliphatic rings. The highest BCUT2D eigenvalue weighted by molar-refractivity contribution is 7.55. The first-order valence-corrected chi connectivity index (χ1v) is 13.8.